The summed E-state index contributed by atoms with van der Waals surface area (Å²) >= 11 is 0. The molecule has 0 unspecified atom stereocenters. The maximum absolute atomic E-state index is 12.4. The average Bonchev–Trinajstić information content (AvgIpc) is 3.29. The Balaban J connectivity index is 1.33. The molecule has 0 bridgehead atoms. The number of hydrogen-bond acceptors (Lipinski definition) is 5. The van der Waals surface area contributed by atoms with E-state index in [9.17, 15) is 9.59 Å². The summed E-state index contributed by atoms with van der Waals surface area (Å²) in [5.74, 6) is -0.369. The summed E-state index contributed by atoms with van der Waals surface area (Å²) in [6, 6.07) is 20.0. The minimum Gasteiger partial charge on any atom is -0.436 e. The van der Waals surface area contributed by atoms with Gasteiger partial charge in [-0.25, -0.2) is 9.78 Å². The van der Waals surface area contributed by atoms with Crippen molar-refractivity contribution in [3.8, 4) is 11.5 Å². The molecule has 5 rings (SSSR count). The van der Waals surface area contributed by atoms with Crippen LogP contribution in [0.25, 0.3) is 33.7 Å². The van der Waals surface area contributed by atoms with E-state index in [0.717, 1.165) is 22.2 Å². The largest absolute Gasteiger partial charge is 0.436 e. The Kier molecular flexibility index (Phi) is 4.21. The van der Waals surface area contributed by atoms with Gasteiger partial charge < -0.3 is 14.2 Å². The highest BCUT2D eigenvalue weighted by atomic mass is 16.4. The van der Waals surface area contributed by atoms with Gasteiger partial charge in [-0.2, -0.15) is 0 Å². The van der Waals surface area contributed by atoms with E-state index < -0.39 is 5.76 Å². The van der Waals surface area contributed by atoms with Crippen LogP contribution in [0, 0.1) is 6.92 Å². The third-order valence-electron chi connectivity index (χ3n) is 4.83. The van der Waals surface area contributed by atoms with Crippen molar-refractivity contribution in [2.75, 3.05) is 5.32 Å². The van der Waals surface area contributed by atoms with Crippen LogP contribution >= 0.6 is 0 Å². The van der Waals surface area contributed by atoms with Gasteiger partial charge >= 0.3 is 5.76 Å². The standard InChI is InChI=1S/C23H17N3O4/c1-14-6-11-19-17(12-14)25-22(29-19)15-7-9-16(10-8-15)24-21(27)13-26-18-4-2-3-5-20(18)30-23(26)28/h2-12H,13H2,1H3,(H,24,27). The molecular weight excluding hydrogens is 382 g/mol. The molecule has 7 heteroatoms. The highest BCUT2D eigenvalue weighted by molar-refractivity contribution is 5.91. The molecule has 0 spiro atoms. The van der Waals surface area contributed by atoms with Gasteiger partial charge in [-0.15, -0.1) is 0 Å². The predicted octanol–water partition coefficient (Wildman–Crippen LogP) is 4.35. The summed E-state index contributed by atoms with van der Waals surface area (Å²) in [6.45, 7) is 1.87. The molecule has 0 saturated heterocycles. The molecule has 0 radical (unpaired) electrons. The molecule has 1 N–H and O–H groups in total. The van der Waals surface area contributed by atoms with Crippen LogP contribution in [0.2, 0.25) is 0 Å². The molecule has 0 atom stereocenters. The van der Waals surface area contributed by atoms with Gasteiger partial charge in [-0.3, -0.25) is 9.36 Å². The molecule has 0 aliphatic carbocycles. The number of para-hydroxylation sites is 2. The topological polar surface area (TPSA) is 90.3 Å². The van der Waals surface area contributed by atoms with Crippen molar-refractivity contribution in [3.63, 3.8) is 0 Å². The number of aromatic nitrogens is 2. The highest BCUT2D eigenvalue weighted by Crippen LogP contribution is 2.26. The van der Waals surface area contributed by atoms with Gasteiger partial charge in [0.05, 0.1) is 5.52 Å². The molecule has 0 fully saturated rings. The number of rotatable bonds is 4. The summed E-state index contributed by atoms with van der Waals surface area (Å²) in [4.78, 5) is 29.0. The van der Waals surface area contributed by atoms with Gasteiger partial charge in [0, 0.05) is 11.3 Å². The molecule has 30 heavy (non-hydrogen) atoms. The number of anilines is 1. The van der Waals surface area contributed by atoms with Gasteiger partial charge in [0.1, 0.15) is 12.1 Å². The Labute approximate surface area is 170 Å². The van der Waals surface area contributed by atoms with Crippen LogP contribution in [-0.4, -0.2) is 15.5 Å². The van der Waals surface area contributed by atoms with Crippen LogP contribution in [0.4, 0.5) is 5.69 Å². The minimum absolute atomic E-state index is 0.137. The molecule has 2 aromatic heterocycles. The molecule has 0 aliphatic heterocycles. The van der Waals surface area contributed by atoms with E-state index in [1.54, 1.807) is 36.4 Å². The number of amides is 1. The van der Waals surface area contributed by atoms with E-state index in [1.807, 2.05) is 37.3 Å². The lowest BCUT2D eigenvalue weighted by molar-refractivity contribution is -0.116. The van der Waals surface area contributed by atoms with Gasteiger partial charge in [0.2, 0.25) is 11.8 Å². The first kappa shape index (κ1) is 17.9. The average molecular weight is 399 g/mol. The third kappa shape index (κ3) is 3.26. The van der Waals surface area contributed by atoms with Crippen molar-refractivity contribution in [2.24, 2.45) is 0 Å². The fourth-order valence-electron chi connectivity index (χ4n) is 3.36. The molecule has 7 nitrogen and oxygen atoms in total. The second kappa shape index (κ2) is 7.04. The van der Waals surface area contributed by atoms with Crippen molar-refractivity contribution >= 4 is 33.8 Å². The smallest absolute Gasteiger partial charge is 0.420 e. The van der Waals surface area contributed by atoms with Crippen molar-refractivity contribution in [1.82, 2.24) is 9.55 Å². The van der Waals surface area contributed by atoms with E-state index in [0.29, 0.717) is 22.7 Å². The molecule has 1 amide bonds. The Bertz CT molecular complexity index is 1440. The fourth-order valence-corrected chi connectivity index (χ4v) is 3.36. The molecule has 148 valence electrons. The zero-order valence-electron chi connectivity index (χ0n) is 16.1. The van der Waals surface area contributed by atoms with Gasteiger partial charge in [-0.1, -0.05) is 18.2 Å². The van der Waals surface area contributed by atoms with Crippen molar-refractivity contribution in [3.05, 3.63) is 82.8 Å². The second-order valence-electron chi connectivity index (χ2n) is 7.04. The summed E-state index contributed by atoms with van der Waals surface area (Å²) < 4.78 is 12.3. The lowest BCUT2D eigenvalue weighted by Crippen LogP contribution is -2.24. The normalized spacial score (nSPS) is 11.2. The number of hydrogen-bond donors (Lipinski definition) is 1. The number of benzene rings is 3. The van der Waals surface area contributed by atoms with Crippen LogP contribution in [0.1, 0.15) is 5.56 Å². The SMILES string of the molecule is Cc1ccc2oc(-c3ccc(NC(=O)Cn4c(=O)oc5ccccc54)cc3)nc2c1. The summed E-state index contributed by atoms with van der Waals surface area (Å²) in [5, 5.41) is 2.79. The van der Waals surface area contributed by atoms with Crippen molar-refractivity contribution in [2.45, 2.75) is 13.5 Å². The zero-order chi connectivity index (χ0) is 20.7. The van der Waals surface area contributed by atoms with Crippen LogP contribution in [0.3, 0.4) is 0 Å². The molecule has 2 heterocycles. The lowest BCUT2D eigenvalue weighted by atomic mass is 10.2. The highest BCUT2D eigenvalue weighted by Gasteiger charge is 2.13. The Morgan fingerprint density at radius 1 is 1.00 bits per heavy atom. The maximum Gasteiger partial charge on any atom is 0.420 e. The lowest BCUT2D eigenvalue weighted by Gasteiger charge is -2.06. The number of carbonyl (C=O) groups is 1. The summed E-state index contributed by atoms with van der Waals surface area (Å²) in [5.41, 5.74) is 5.10. The van der Waals surface area contributed by atoms with E-state index in [-0.39, 0.29) is 12.5 Å². The Morgan fingerprint density at radius 2 is 1.80 bits per heavy atom. The molecule has 0 aliphatic rings. The van der Waals surface area contributed by atoms with Crippen LogP contribution in [0.15, 0.2) is 80.4 Å². The number of oxazole rings is 2. The summed E-state index contributed by atoms with van der Waals surface area (Å²) in [6.07, 6.45) is 0. The van der Waals surface area contributed by atoms with Gasteiger partial charge in [-0.05, 0) is 61.0 Å². The Morgan fingerprint density at radius 3 is 2.63 bits per heavy atom. The Hall–Kier alpha value is -4.13. The van der Waals surface area contributed by atoms with Crippen LogP contribution in [0.5, 0.6) is 0 Å². The summed E-state index contributed by atoms with van der Waals surface area (Å²) in [7, 11) is 0. The minimum atomic E-state index is -0.562. The first-order valence-corrected chi connectivity index (χ1v) is 9.43. The number of aryl methyl sites for hydroxylation is 1. The molecule has 0 saturated carbocycles. The second-order valence-corrected chi connectivity index (χ2v) is 7.04. The van der Waals surface area contributed by atoms with Crippen molar-refractivity contribution < 1.29 is 13.6 Å². The van der Waals surface area contributed by atoms with E-state index in [4.69, 9.17) is 8.83 Å². The third-order valence-corrected chi connectivity index (χ3v) is 4.83. The molecule has 3 aromatic carbocycles. The maximum atomic E-state index is 12.4. The van der Waals surface area contributed by atoms with Crippen LogP contribution < -0.4 is 11.1 Å². The number of nitrogens with zero attached hydrogens (tertiary/aromatic N) is 2. The van der Waals surface area contributed by atoms with E-state index in [2.05, 4.69) is 10.3 Å². The van der Waals surface area contributed by atoms with Gasteiger partial charge in [0.15, 0.2) is 11.2 Å². The monoisotopic (exact) mass is 399 g/mol. The molecular formula is C23H17N3O4. The van der Waals surface area contributed by atoms with Crippen molar-refractivity contribution in [1.29, 1.82) is 0 Å². The fraction of sp³-hybridized carbons (Fsp3) is 0.0870. The van der Waals surface area contributed by atoms with Gasteiger partial charge in [0.25, 0.3) is 0 Å². The van der Waals surface area contributed by atoms with E-state index in [1.165, 1.54) is 4.57 Å². The zero-order valence-corrected chi connectivity index (χ0v) is 16.1. The first-order chi connectivity index (χ1) is 14.6. The van der Waals surface area contributed by atoms with Crippen LogP contribution in [-0.2, 0) is 11.3 Å². The number of nitrogens with one attached hydrogen (secondary N) is 1. The predicted molar refractivity (Wildman–Crippen MR) is 113 cm³/mol. The number of fused-ring (bicyclic) bond motifs is 2. The quantitative estimate of drug-likeness (QED) is 0.485. The van der Waals surface area contributed by atoms with E-state index >= 15 is 0 Å². The number of carbonyl (C=O) groups excluding carboxylic acids is 1. The molecule has 5 aromatic rings. The first-order valence-electron chi connectivity index (χ1n) is 9.43.